The maximum atomic E-state index is 9.55. The van der Waals surface area contributed by atoms with Gasteiger partial charge in [0.05, 0.1) is 20.6 Å². The summed E-state index contributed by atoms with van der Waals surface area (Å²) in [4.78, 5) is 21.6. The Kier molecular flexibility index (Phi) is 23.3. The zero-order valence-electron chi connectivity index (χ0n) is 22.8. The highest BCUT2D eigenvalue weighted by molar-refractivity contribution is 7.45. The van der Waals surface area contributed by atoms with E-state index in [0.29, 0.717) is 6.04 Å². The molecule has 0 radical (unpaired) electrons. The van der Waals surface area contributed by atoms with E-state index in [1.54, 1.807) is 0 Å². The summed E-state index contributed by atoms with van der Waals surface area (Å²) in [6.07, 6.45) is 20.6. The van der Waals surface area contributed by atoms with Crippen LogP contribution in [0.1, 0.15) is 115 Å². The van der Waals surface area contributed by atoms with Crippen molar-refractivity contribution in [3.63, 3.8) is 0 Å². The molecule has 0 saturated heterocycles. The number of aliphatic hydroxyl groups is 1. The predicted molar refractivity (Wildman–Crippen MR) is 147 cm³/mol. The van der Waals surface area contributed by atoms with Crippen LogP contribution in [0, 0.1) is 0 Å². The number of hydrogen-bond donors (Lipinski definition) is 5. The van der Waals surface area contributed by atoms with Crippen LogP contribution in [-0.2, 0) is 4.57 Å². The van der Waals surface area contributed by atoms with E-state index in [2.05, 4.69) is 51.4 Å². The minimum Gasteiger partial charge on any atom is -0.396 e. The average molecular weight is 520 g/mol. The van der Waals surface area contributed by atoms with Gasteiger partial charge < -0.3 is 30.4 Å². The first-order chi connectivity index (χ1) is 16.1. The van der Waals surface area contributed by atoms with Crippen molar-refractivity contribution in [1.29, 1.82) is 0 Å². The molecule has 0 aliphatic heterocycles. The van der Waals surface area contributed by atoms with Gasteiger partial charge in [-0.05, 0) is 12.8 Å². The third kappa shape index (κ3) is 23.4. The number of nitrogens with zero attached hydrogens (tertiary/aromatic N) is 1. The normalized spacial score (nSPS) is 12.4. The zero-order chi connectivity index (χ0) is 25.7. The fourth-order valence-corrected chi connectivity index (χ4v) is 4.59. The van der Waals surface area contributed by atoms with E-state index >= 15 is 0 Å². The van der Waals surface area contributed by atoms with Crippen LogP contribution >= 0.6 is 7.82 Å². The molecule has 7 nitrogen and oxygen atoms in total. The SMILES string of the molecule is CCCCCCCCCCCCCCCC[N+](C)(C)C(CCO)c1ccccc1.N.O=P(O)(O)O. The van der Waals surface area contributed by atoms with Crippen LogP contribution in [0.25, 0.3) is 0 Å². The number of aliphatic hydroxyl groups excluding tert-OH is 1. The van der Waals surface area contributed by atoms with Crippen LogP contribution in [0.15, 0.2) is 30.3 Å². The molecule has 0 saturated carbocycles. The highest BCUT2D eigenvalue weighted by atomic mass is 31.2. The van der Waals surface area contributed by atoms with Crippen molar-refractivity contribution in [1.82, 2.24) is 6.15 Å². The molecule has 1 aromatic rings. The van der Waals surface area contributed by atoms with Crippen LogP contribution in [-0.4, -0.2) is 51.5 Å². The van der Waals surface area contributed by atoms with Gasteiger partial charge in [-0.25, -0.2) is 4.57 Å². The summed E-state index contributed by atoms with van der Waals surface area (Å²) in [6.45, 7) is 3.75. The number of hydrogen-bond acceptors (Lipinski definition) is 3. The van der Waals surface area contributed by atoms with Crippen molar-refractivity contribution < 1.29 is 28.8 Å². The van der Waals surface area contributed by atoms with Gasteiger partial charge in [-0.15, -0.1) is 0 Å². The Morgan fingerprint density at radius 3 is 1.49 bits per heavy atom. The molecule has 35 heavy (non-hydrogen) atoms. The fourth-order valence-electron chi connectivity index (χ4n) is 4.59. The molecule has 0 fully saturated rings. The third-order valence-electron chi connectivity index (χ3n) is 6.52. The summed E-state index contributed by atoms with van der Waals surface area (Å²) < 4.78 is 9.86. The molecule has 7 N–H and O–H groups in total. The molecule has 0 aliphatic carbocycles. The van der Waals surface area contributed by atoms with Crippen molar-refractivity contribution in [3.05, 3.63) is 35.9 Å². The van der Waals surface area contributed by atoms with Gasteiger partial charge in [-0.2, -0.15) is 0 Å². The van der Waals surface area contributed by atoms with Crippen molar-refractivity contribution >= 4 is 7.82 Å². The lowest BCUT2D eigenvalue weighted by Crippen LogP contribution is -2.44. The van der Waals surface area contributed by atoms with Crippen molar-refractivity contribution in [2.45, 2.75) is 109 Å². The van der Waals surface area contributed by atoms with Crippen molar-refractivity contribution in [2.75, 3.05) is 27.2 Å². The monoisotopic (exact) mass is 519 g/mol. The molecule has 0 aromatic heterocycles. The second-order valence-corrected chi connectivity index (χ2v) is 11.1. The minimum absolute atomic E-state index is 0. The molecule has 1 rings (SSSR count). The number of phosphoric acid groups is 1. The molecule has 0 amide bonds. The smallest absolute Gasteiger partial charge is 0.396 e. The topological polar surface area (TPSA) is 133 Å². The lowest BCUT2D eigenvalue weighted by Gasteiger charge is -2.38. The Balaban J connectivity index is 0. The summed E-state index contributed by atoms with van der Waals surface area (Å²) in [6, 6.07) is 11.1. The summed E-state index contributed by atoms with van der Waals surface area (Å²) in [7, 11) is 0.0190. The van der Waals surface area contributed by atoms with E-state index in [0.717, 1.165) is 10.9 Å². The van der Waals surface area contributed by atoms with Gasteiger partial charge in [0.25, 0.3) is 0 Å². The first kappa shape index (κ1) is 36.4. The summed E-state index contributed by atoms with van der Waals surface area (Å²) >= 11 is 0. The van der Waals surface area contributed by atoms with Gasteiger partial charge in [0, 0.05) is 18.6 Å². The van der Waals surface area contributed by atoms with Gasteiger partial charge in [0.2, 0.25) is 0 Å². The number of unbranched alkanes of at least 4 members (excludes halogenated alkanes) is 13. The first-order valence-corrected chi connectivity index (χ1v) is 14.9. The van der Waals surface area contributed by atoms with Gasteiger partial charge >= 0.3 is 7.82 Å². The highest BCUT2D eigenvalue weighted by Crippen LogP contribution is 2.29. The highest BCUT2D eigenvalue weighted by Gasteiger charge is 2.28. The van der Waals surface area contributed by atoms with E-state index < -0.39 is 7.82 Å². The van der Waals surface area contributed by atoms with E-state index in [1.165, 1.54) is 102 Å². The molecule has 0 aliphatic rings. The number of benzene rings is 1. The average Bonchev–Trinajstić information content (AvgIpc) is 2.77. The lowest BCUT2D eigenvalue weighted by molar-refractivity contribution is -0.921. The number of quaternary nitrogens is 1. The maximum absolute atomic E-state index is 9.55. The standard InChI is InChI=1S/C27H50NO.H3N.H3O4P/c1-4-5-6-7-8-9-10-11-12-13-14-15-16-20-24-28(2,3)27(23-25-29)26-21-18-17-19-22-26;;1-5(2,3)4/h17-19,21-22,27,29H,4-16,20,23-25H2,1-3H3;1H3;(H3,1,2,3,4)/q+1;;. The molecule has 208 valence electrons. The molecule has 1 unspecified atom stereocenters. The van der Waals surface area contributed by atoms with Crippen LogP contribution in [0.3, 0.4) is 0 Å². The van der Waals surface area contributed by atoms with E-state index in [4.69, 9.17) is 19.2 Å². The second kappa shape index (κ2) is 22.4. The first-order valence-electron chi connectivity index (χ1n) is 13.4. The van der Waals surface area contributed by atoms with E-state index in [1.807, 2.05) is 0 Å². The largest absolute Gasteiger partial charge is 0.466 e. The Morgan fingerprint density at radius 2 is 1.11 bits per heavy atom. The van der Waals surface area contributed by atoms with Gasteiger partial charge in [-0.3, -0.25) is 0 Å². The number of rotatable bonds is 19. The Bertz CT molecular complexity index is 617. The van der Waals surface area contributed by atoms with Gasteiger partial charge in [0.15, 0.2) is 0 Å². The molecule has 1 aromatic carbocycles. The summed E-state index contributed by atoms with van der Waals surface area (Å²) in [5.41, 5.74) is 1.36. The maximum Gasteiger partial charge on any atom is 0.466 e. The van der Waals surface area contributed by atoms with Crippen molar-refractivity contribution in [2.24, 2.45) is 0 Å². The molecule has 0 heterocycles. The Morgan fingerprint density at radius 1 is 0.743 bits per heavy atom. The van der Waals surface area contributed by atoms with Crippen LogP contribution in [0.2, 0.25) is 0 Å². The Hall–Kier alpha value is -0.790. The molecule has 0 spiro atoms. The van der Waals surface area contributed by atoms with E-state index in [-0.39, 0.29) is 12.8 Å². The molecule has 8 heteroatoms. The Labute approximate surface area is 215 Å². The third-order valence-corrected chi connectivity index (χ3v) is 6.52. The van der Waals surface area contributed by atoms with Gasteiger partial charge in [0.1, 0.15) is 6.04 Å². The van der Waals surface area contributed by atoms with Crippen LogP contribution < -0.4 is 6.15 Å². The summed E-state index contributed by atoms with van der Waals surface area (Å²) in [5.74, 6) is 0. The molecular formula is C27H56N2O5P+. The van der Waals surface area contributed by atoms with Crippen molar-refractivity contribution in [3.8, 4) is 0 Å². The predicted octanol–water partition coefficient (Wildman–Crippen LogP) is 6.90. The summed E-state index contributed by atoms with van der Waals surface area (Å²) in [5, 5.41) is 9.55. The molecule has 0 bridgehead atoms. The lowest BCUT2D eigenvalue weighted by atomic mass is 10.00. The minimum atomic E-state index is -4.64. The van der Waals surface area contributed by atoms with Gasteiger partial charge in [-0.1, -0.05) is 114 Å². The quantitative estimate of drug-likeness (QED) is 0.0767. The van der Waals surface area contributed by atoms with Crippen LogP contribution in [0.4, 0.5) is 0 Å². The fraction of sp³-hybridized carbons (Fsp3) is 0.778. The second-order valence-electron chi connectivity index (χ2n) is 10.1. The molecule has 1 atom stereocenters. The zero-order valence-corrected chi connectivity index (χ0v) is 23.7. The van der Waals surface area contributed by atoms with Crippen LogP contribution in [0.5, 0.6) is 0 Å². The van der Waals surface area contributed by atoms with E-state index in [9.17, 15) is 5.11 Å². The molecular weight excluding hydrogens is 463 g/mol.